The third-order valence-corrected chi connectivity index (χ3v) is 5.64. The van der Waals surface area contributed by atoms with Gasteiger partial charge in [-0.3, -0.25) is 9.52 Å². The molecule has 0 bridgehead atoms. The molecule has 2 aromatic heterocycles. The fourth-order valence-corrected chi connectivity index (χ4v) is 4.09. The average Bonchev–Trinajstić information content (AvgIpc) is 3.03. The molecule has 0 atom stereocenters. The summed E-state index contributed by atoms with van der Waals surface area (Å²) < 4.78 is 27.0. The van der Waals surface area contributed by atoms with Crippen LogP contribution in [0.25, 0.3) is 0 Å². The van der Waals surface area contributed by atoms with E-state index in [1.165, 1.54) is 12.1 Å². The van der Waals surface area contributed by atoms with Crippen LogP contribution in [0, 0.1) is 6.92 Å². The molecule has 134 valence electrons. The van der Waals surface area contributed by atoms with E-state index >= 15 is 0 Å². The highest BCUT2D eigenvalue weighted by Gasteiger charge is 2.16. The van der Waals surface area contributed by atoms with E-state index in [0.717, 1.165) is 16.9 Å². The summed E-state index contributed by atoms with van der Waals surface area (Å²) in [6, 6.07) is 11.6. The second-order valence-corrected chi connectivity index (χ2v) is 8.05. The number of sulfonamides is 1. The van der Waals surface area contributed by atoms with E-state index < -0.39 is 10.0 Å². The molecule has 0 aliphatic heterocycles. The molecule has 0 fully saturated rings. The molecule has 0 spiro atoms. The van der Waals surface area contributed by atoms with Crippen LogP contribution in [-0.2, 0) is 21.2 Å². The van der Waals surface area contributed by atoms with Crippen molar-refractivity contribution in [3.05, 3.63) is 65.3 Å². The summed E-state index contributed by atoms with van der Waals surface area (Å²) in [6.45, 7) is 1.91. The van der Waals surface area contributed by atoms with E-state index in [2.05, 4.69) is 20.0 Å². The molecule has 0 saturated carbocycles. The van der Waals surface area contributed by atoms with Crippen LogP contribution in [-0.4, -0.2) is 24.3 Å². The molecule has 3 aromatic rings. The van der Waals surface area contributed by atoms with Crippen molar-refractivity contribution in [2.24, 2.45) is 0 Å². The standard InChI is InChI=1S/C17H16N4O3S2/c1-12-7-8-15(18-10-12)20-16(22)9-13-11-25-17(19-13)21-26(23,24)14-5-3-2-4-6-14/h2-8,10-11H,9H2,1H3,(H,19,21)(H,18,20,22). The summed E-state index contributed by atoms with van der Waals surface area (Å²) in [5.41, 5.74) is 1.48. The molecular weight excluding hydrogens is 372 g/mol. The van der Waals surface area contributed by atoms with Crippen molar-refractivity contribution in [3.8, 4) is 0 Å². The third-order valence-electron chi connectivity index (χ3n) is 3.35. The van der Waals surface area contributed by atoms with Crippen LogP contribution in [0.5, 0.6) is 0 Å². The molecular formula is C17H16N4O3S2. The highest BCUT2D eigenvalue weighted by molar-refractivity contribution is 7.93. The van der Waals surface area contributed by atoms with Gasteiger partial charge < -0.3 is 5.32 Å². The summed E-state index contributed by atoms with van der Waals surface area (Å²) in [6.07, 6.45) is 1.69. The maximum atomic E-state index is 12.3. The highest BCUT2D eigenvalue weighted by atomic mass is 32.2. The number of rotatable bonds is 6. The van der Waals surface area contributed by atoms with Gasteiger partial charge in [-0.05, 0) is 30.7 Å². The molecule has 1 aromatic carbocycles. The van der Waals surface area contributed by atoms with Crippen molar-refractivity contribution in [2.75, 3.05) is 10.0 Å². The number of aryl methyl sites for hydroxylation is 1. The van der Waals surface area contributed by atoms with Gasteiger partial charge in [-0.15, -0.1) is 11.3 Å². The van der Waals surface area contributed by atoms with E-state index in [9.17, 15) is 13.2 Å². The van der Waals surface area contributed by atoms with E-state index in [-0.39, 0.29) is 22.4 Å². The van der Waals surface area contributed by atoms with Crippen molar-refractivity contribution in [2.45, 2.75) is 18.2 Å². The third kappa shape index (κ3) is 4.64. The van der Waals surface area contributed by atoms with E-state index in [1.807, 2.05) is 13.0 Å². The first-order chi connectivity index (χ1) is 12.4. The second kappa shape index (κ2) is 7.63. The van der Waals surface area contributed by atoms with Crippen molar-refractivity contribution in [3.63, 3.8) is 0 Å². The van der Waals surface area contributed by atoms with Crippen molar-refractivity contribution < 1.29 is 13.2 Å². The van der Waals surface area contributed by atoms with Gasteiger partial charge in [-0.25, -0.2) is 18.4 Å². The summed E-state index contributed by atoms with van der Waals surface area (Å²) in [7, 11) is -3.69. The molecule has 0 saturated heterocycles. The van der Waals surface area contributed by atoms with Gasteiger partial charge in [0.05, 0.1) is 17.0 Å². The predicted molar refractivity (Wildman–Crippen MR) is 101 cm³/mol. The SMILES string of the molecule is Cc1ccc(NC(=O)Cc2csc(NS(=O)(=O)c3ccccc3)n2)nc1. The minimum Gasteiger partial charge on any atom is -0.310 e. The van der Waals surface area contributed by atoms with Crippen LogP contribution in [0.2, 0.25) is 0 Å². The zero-order valence-corrected chi connectivity index (χ0v) is 15.5. The van der Waals surface area contributed by atoms with Gasteiger partial charge in [0.25, 0.3) is 10.0 Å². The Morgan fingerprint density at radius 2 is 1.92 bits per heavy atom. The van der Waals surface area contributed by atoms with Crippen LogP contribution < -0.4 is 10.0 Å². The molecule has 7 nitrogen and oxygen atoms in total. The molecule has 2 N–H and O–H groups in total. The molecule has 26 heavy (non-hydrogen) atoms. The lowest BCUT2D eigenvalue weighted by Gasteiger charge is -2.04. The molecule has 3 rings (SSSR count). The maximum absolute atomic E-state index is 12.3. The Morgan fingerprint density at radius 1 is 1.15 bits per heavy atom. The fraction of sp³-hybridized carbons (Fsp3) is 0.118. The van der Waals surface area contributed by atoms with Gasteiger partial charge in [0.1, 0.15) is 5.82 Å². The number of carbonyl (C=O) groups is 1. The number of carbonyl (C=O) groups excluding carboxylic acids is 1. The highest BCUT2D eigenvalue weighted by Crippen LogP contribution is 2.20. The molecule has 2 heterocycles. The number of amides is 1. The first-order valence-electron chi connectivity index (χ1n) is 7.67. The van der Waals surface area contributed by atoms with Crippen LogP contribution in [0.15, 0.2) is 58.9 Å². The topological polar surface area (TPSA) is 101 Å². The van der Waals surface area contributed by atoms with E-state index in [0.29, 0.717) is 11.5 Å². The van der Waals surface area contributed by atoms with E-state index in [1.54, 1.807) is 35.8 Å². The van der Waals surface area contributed by atoms with Crippen LogP contribution >= 0.6 is 11.3 Å². The summed E-state index contributed by atoms with van der Waals surface area (Å²) in [5, 5.41) is 4.53. The summed E-state index contributed by atoms with van der Waals surface area (Å²) in [4.78, 5) is 20.5. The Balaban J connectivity index is 1.62. The van der Waals surface area contributed by atoms with Gasteiger partial charge in [0.15, 0.2) is 5.13 Å². The zero-order chi connectivity index (χ0) is 18.6. The van der Waals surface area contributed by atoms with Gasteiger partial charge in [0, 0.05) is 11.6 Å². The molecule has 0 unspecified atom stereocenters. The Bertz CT molecular complexity index is 1000. The van der Waals surface area contributed by atoms with Gasteiger partial charge in [-0.1, -0.05) is 24.3 Å². The molecule has 0 radical (unpaired) electrons. The number of nitrogens with zero attached hydrogens (tertiary/aromatic N) is 2. The maximum Gasteiger partial charge on any atom is 0.263 e. The average molecular weight is 388 g/mol. The lowest BCUT2D eigenvalue weighted by Crippen LogP contribution is -2.16. The second-order valence-electron chi connectivity index (χ2n) is 5.51. The summed E-state index contributed by atoms with van der Waals surface area (Å²) in [5.74, 6) is 0.185. The fourth-order valence-electron chi connectivity index (χ4n) is 2.10. The van der Waals surface area contributed by atoms with Crippen LogP contribution in [0.4, 0.5) is 10.9 Å². The lowest BCUT2D eigenvalue weighted by molar-refractivity contribution is -0.115. The number of anilines is 2. The number of hydrogen-bond donors (Lipinski definition) is 2. The number of benzene rings is 1. The smallest absolute Gasteiger partial charge is 0.263 e. The molecule has 0 aliphatic carbocycles. The van der Waals surface area contributed by atoms with Crippen molar-refractivity contribution >= 4 is 38.2 Å². The number of pyridine rings is 1. The Labute approximate surface area is 155 Å². The van der Waals surface area contributed by atoms with Gasteiger partial charge in [0.2, 0.25) is 5.91 Å². The van der Waals surface area contributed by atoms with Crippen molar-refractivity contribution in [1.82, 2.24) is 9.97 Å². The summed E-state index contributed by atoms with van der Waals surface area (Å²) >= 11 is 1.12. The van der Waals surface area contributed by atoms with Crippen LogP contribution in [0.1, 0.15) is 11.3 Å². The number of aromatic nitrogens is 2. The number of hydrogen-bond acceptors (Lipinski definition) is 6. The molecule has 0 aliphatic rings. The monoisotopic (exact) mass is 388 g/mol. The quantitative estimate of drug-likeness (QED) is 0.676. The predicted octanol–water partition coefficient (Wildman–Crippen LogP) is 2.83. The van der Waals surface area contributed by atoms with Crippen molar-refractivity contribution in [1.29, 1.82) is 0 Å². The number of thiazole rings is 1. The number of nitrogens with one attached hydrogen (secondary N) is 2. The Kier molecular flexibility index (Phi) is 5.29. The minimum absolute atomic E-state index is 0.0269. The van der Waals surface area contributed by atoms with Gasteiger partial charge in [-0.2, -0.15) is 0 Å². The van der Waals surface area contributed by atoms with E-state index in [4.69, 9.17) is 0 Å². The largest absolute Gasteiger partial charge is 0.310 e. The lowest BCUT2D eigenvalue weighted by atomic mass is 10.3. The van der Waals surface area contributed by atoms with Crippen LogP contribution in [0.3, 0.4) is 0 Å². The first-order valence-corrected chi connectivity index (χ1v) is 10.0. The zero-order valence-electron chi connectivity index (χ0n) is 13.8. The Hall–Kier alpha value is -2.78. The first kappa shape index (κ1) is 18.0. The van der Waals surface area contributed by atoms with Gasteiger partial charge >= 0.3 is 0 Å². The Morgan fingerprint density at radius 3 is 2.62 bits per heavy atom. The molecule has 1 amide bonds. The molecule has 9 heteroatoms. The minimum atomic E-state index is -3.69. The normalized spacial score (nSPS) is 11.1.